The van der Waals surface area contributed by atoms with Crippen molar-refractivity contribution < 1.29 is 27.4 Å². The van der Waals surface area contributed by atoms with Crippen molar-refractivity contribution in [2.45, 2.75) is 18.5 Å². The van der Waals surface area contributed by atoms with Gasteiger partial charge in [-0.25, -0.2) is 8.42 Å². The van der Waals surface area contributed by atoms with Crippen LogP contribution >= 0.6 is 11.5 Å². The van der Waals surface area contributed by atoms with Crippen LogP contribution in [0.5, 0.6) is 17.2 Å². The molecule has 0 saturated heterocycles. The van der Waals surface area contributed by atoms with Crippen LogP contribution in [-0.2, 0) is 14.6 Å². The number of hydrogen-bond donors (Lipinski definition) is 1. The van der Waals surface area contributed by atoms with Gasteiger partial charge in [0.25, 0.3) is 11.1 Å². The van der Waals surface area contributed by atoms with E-state index in [-0.39, 0.29) is 21.6 Å². The molecule has 1 amide bonds. The molecule has 10 nitrogen and oxygen atoms in total. The van der Waals surface area contributed by atoms with E-state index >= 15 is 0 Å². The molecule has 12 heteroatoms. The number of nitriles is 1. The van der Waals surface area contributed by atoms with Gasteiger partial charge < -0.3 is 14.2 Å². The first-order valence-electron chi connectivity index (χ1n) is 10.8. The average Bonchev–Trinajstić information content (AvgIpc) is 3.37. The summed E-state index contributed by atoms with van der Waals surface area (Å²) in [5, 5.41) is 11.4. The van der Waals surface area contributed by atoms with E-state index in [4.69, 9.17) is 14.2 Å². The number of sulfone groups is 1. The lowest BCUT2D eigenvalue weighted by atomic mass is 10.1. The lowest BCUT2D eigenvalue weighted by Gasteiger charge is -2.09. The fraction of sp³-hybridized carbons (Fsp3) is 0.250. The van der Waals surface area contributed by atoms with E-state index in [0.717, 1.165) is 23.0 Å². The molecule has 0 atom stereocenters. The van der Waals surface area contributed by atoms with Crippen LogP contribution in [-0.4, -0.2) is 49.8 Å². The molecule has 0 aliphatic rings. The smallest absolute Gasteiger partial charge is 0.268 e. The molecule has 0 spiro atoms. The van der Waals surface area contributed by atoms with Gasteiger partial charge in [0.1, 0.15) is 28.9 Å². The fourth-order valence-corrected chi connectivity index (χ4v) is 4.35. The van der Waals surface area contributed by atoms with Gasteiger partial charge in [0.15, 0.2) is 0 Å². The number of carbonyl (C=O) groups is 1. The molecule has 1 N–H and O–H groups in total. The van der Waals surface area contributed by atoms with Crippen molar-refractivity contribution in [3.63, 3.8) is 0 Å². The van der Waals surface area contributed by atoms with Gasteiger partial charge in [0.2, 0.25) is 15.0 Å². The summed E-state index contributed by atoms with van der Waals surface area (Å²) in [6.45, 7) is 2.42. The van der Waals surface area contributed by atoms with Crippen molar-refractivity contribution in [3.8, 4) is 23.3 Å². The maximum atomic E-state index is 12.4. The highest BCUT2D eigenvalue weighted by Gasteiger charge is 2.20. The predicted molar refractivity (Wildman–Crippen MR) is 135 cm³/mol. The number of hydrogen-bond acceptors (Lipinski definition) is 10. The highest BCUT2D eigenvalue weighted by molar-refractivity contribution is 7.91. The van der Waals surface area contributed by atoms with Crippen molar-refractivity contribution >= 4 is 38.5 Å². The number of amides is 1. The Balaban J connectivity index is 1.49. The number of nitrogens with one attached hydrogen (secondary N) is 1. The minimum absolute atomic E-state index is 0.00658. The van der Waals surface area contributed by atoms with Crippen LogP contribution in [0.3, 0.4) is 0 Å². The Morgan fingerprint density at radius 1 is 1.06 bits per heavy atom. The van der Waals surface area contributed by atoms with Crippen LogP contribution in [0.1, 0.15) is 18.9 Å². The third-order valence-electron chi connectivity index (χ3n) is 4.73. The van der Waals surface area contributed by atoms with Crippen LogP contribution < -0.4 is 19.5 Å². The largest absolute Gasteiger partial charge is 0.497 e. The number of methoxy groups -OCH3 is 1. The molecule has 0 unspecified atom stereocenters. The molecule has 0 saturated carbocycles. The second kappa shape index (κ2) is 12.7. The molecular weight excluding hydrogens is 504 g/mol. The standard InChI is InChI=1S/C24H24N4O6S2/c1-3-36(30,31)24-27-23(35-28-24)26-22(29)18(16-25)15-17-5-7-20(8-6-17)33-13-4-14-34-21-11-9-19(32-2)10-12-21/h5-12,15H,3-4,13-14H2,1-2H3,(H,26,27,28,29)/b18-15-. The lowest BCUT2D eigenvalue weighted by Crippen LogP contribution is -2.13. The van der Waals surface area contributed by atoms with Crippen molar-refractivity contribution in [2.24, 2.45) is 0 Å². The van der Waals surface area contributed by atoms with Crippen LogP contribution in [0.4, 0.5) is 5.13 Å². The zero-order valence-electron chi connectivity index (χ0n) is 19.6. The van der Waals surface area contributed by atoms with E-state index < -0.39 is 15.7 Å². The normalized spacial score (nSPS) is 11.4. The van der Waals surface area contributed by atoms with Gasteiger partial charge in [-0.05, 0) is 48.0 Å². The monoisotopic (exact) mass is 528 g/mol. The summed E-state index contributed by atoms with van der Waals surface area (Å²) in [4.78, 5) is 16.2. The zero-order chi connectivity index (χ0) is 26.0. The van der Waals surface area contributed by atoms with Gasteiger partial charge in [-0.2, -0.15) is 14.6 Å². The molecule has 0 bridgehead atoms. The molecule has 1 aromatic heterocycles. The summed E-state index contributed by atoms with van der Waals surface area (Å²) in [7, 11) is -1.97. The Morgan fingerprint density at radius 3 is 2.19 bits per heavy atom. The molecular formula is C24H24N4O6S2. The highest BCUT2D eigenvalue weighted by atomic mass is 32.2. The van der Waals surface area contributed by atoms with E-state index in [1.165, 1.54) is 13.0 Å². The number of benzene rings is 2. The van der Waals surface area contributed by atoms with Crippen molar-refractivity contribution in [2.75, 3.05) is 31.4 Å². The van der Waals surface area contributed by atoms with Gasteiger partial charge >= 0.3 is 0 Å². The van der Waals surface area contributed by atoms with Gasteiger partial charge in [-0.1, -0.05) is 19.1 Å². The quantitative estimate of drug-likeness (QED) is 0.211. The second-order valence-electron chi connectivity index (χ2n) is 7.20. The Morgan fingerprint density at radius 2 is 1.64 bits per heavy atom. The molecule has 0 aliphatic heterocycles. The molecule has 3 aromatic rings. The summed E-state index contributed by atoms with van der Waals surface area (Å²) >= 11 is 0.728. The van der Waals surface area contributed by atoms with Crippen LogP contribution in [0.25, 0.3) is 6.08 Å². The van der Waals surface area contributed by atoms with Crippen molar-refractivity contribution in [3.05, 3.63) is 59.7 Å². The van der Waals surface area contributed by atoms with Crippen LogP contribution in [0.15, 0.2) is 59.3 Å². The first kappa shape index (κ1) is 26.7. The number of aromatic nitrogens is 2. The van der Waals surface area contributed by atoms with Crippen LogP contribution in [0, 0.1) is 11.3 Å². The third kappa shape index (κ3) is 7.53. The minimum Gasteiger partial charge on any atom is -0.497 e. The first-order valence-corrected chi connectivity index (χ1v) is 13.3. The second-order valence-corrected chi connectivity index (χ2v) is 10.1. The molecule has 188 valence electrons. The SMILES string of the molecule is CCS(=O)(=O)c1nsc(NC(=O)/C(C#N)=C\c2ccc(OCCCOc3ccc(OC)cc3)cc2)n1. The summed E-state index contributed by atoms with van der Waals surface area (Å²) in [6.07, 6.45) is 2.09. The molecule has 0 radical (unpaired) electrons. The lowest BCUT2D eigenvalue weighted by molar-refractivity contribution is -0.112. The highest BCUT2D eigenvalue weighted by Crippen LogP contribution is 2.19. The maximum absolute atomic E-state index is 12.4. The number of anilines is 1. The zero-order valence-corrected chi connectivity index (χ0v) is 21.3. The van der Waals surface area contributed by atoms with Gasteiger partial charge in [-0.15, -0.1) is 0 Å². The summed E-state index contributed by atoms with van der Waals surface area (Å²) in [5.74, 6) is 1.28. The number of carbonyl (C=O) groups excluding carboxylic acids is 1. The molecule has 0 fully saturated rings. The van der Waals surface area contributed by atoms with Gasteiger partial charge in [0.05, 0.1) is 26.1 Å². The predicted octanol–water partition coefficient (Wildman–Crippen LogP) is 3.73. The molecule has 36 heavy (non-hydrogen) atoms. The van der Waals surface area contributed by atoms with Gasteiger partial charge in [-0.3, -0.25) is 10.1 Å². The van der Waals surface area contributed by atoms with E-state index in [0.29, 0.717) is 30.9 Å². The minimum atomic E-state index is -3.58. The Kier molecular flexibility index (Phi) is 9.38. The van der Waals surface area contributed by atoms with Crippen molar-refractivity contribution in [1.82, 2.24) is 9.36 Å². The summed E-state index contributed by atoms with van der Waals surface area (Å²) < 4.78 is 43.9. The van der Waals surface area contributed by atoms with E-state index in [2.05, 4.69) is 14.7 Å². The maximum Gasteiger partial charge on any atom is 0.268 e. The summed E-state index contributed by atoms with van der Waals surface area (Å²) in [5.41, 5.74) is 0.442. The number of ether oxygens (including phenoxy) is 3. The van der Waals surface area contributed by atoms with E-state index in [9.17, 15) is 18.5 Å². The first-order chi connectivity index (χ1) is 17.3. The third-order valence-corrected chi connectivity index (χ3v) is 6.97. The van der Waals surface area contributed by atoms with Gasteiger partial charge in [0, 0.05) is 18.0 Å². The molecule has 3 rings (SSSR count). The summed E-state index contributed by atoms with van der Waals surface area (Å²) in [6, 6.07) is 16.1. The molecule has 1 heterocycles. The molecule has 2 aromatic carbocycles. The number of rotatable bonds is 12. The molecule has 0 aliphatic carbocycles. The van der Waals surface area contributed by atoms with E-state index in [1.54, 1.807) is 31.4 Å². The number of nitrogens with zero attached hydrogens (tertiary/aromatic N) is 3. The average molecular weight is 529 g/mol. The fourth-order valence-electron chi connectivity index (χ4n) is 2.77. The topological polar surface area (TPSA) is 140 Å². The van der Waals surface area contributed by atoms with E-state index in [1.807, 2.05) is 30.3 Å². The Labute approximate surface area is 213 Å². The Hall–Kier alpha value is -3.95. The van der Waals surface area contributed by atoms with Crippen LogP contribution in [0.2, 0.25) is 0 Å². The Bertz CT molecular complexity index is 1340. The van der Waals surface area contributed by atoms with Crippen molar-refractivity contribution in [1.29, 1.82) is 5.26 Å².